The number of pyridine rings is 2. The molecule has 4 aromatic heterocycles. The van der Waals surface area contributed by atoms with E-state index in [-0.39, 0.29) is 24.6 Å². The first-order valence-electron chi connectivity index (χ1n) is 24.5. The van der Waals surface area contributed by atoms with Gasteiger partial charge in [0, 0.05) is 68.6 Å². The number of carbonyl (C=O) groups is 1. The van der Waals surface area contributed by atoms with Crippen LogP contribution in [0, 0.1) is 5.92 Å². The van der Waals surface area contributed by atoms with Crippen molar-refractivity contribution in [2.45, 2.75) is 66.2 Å². The molecule has 0 spiro atoms. The van der Waals surface area contributed by atoms with Gasteiger partial charge in [0.1, 0.15) is 17.4 Å². The molecule has 8 heterocycles. The topological polar surface area (TPSA) is 177 Å². The highest BCUT2D eigenvalue weighted by Crippen LogP contribution is 2.34. The largest absolute Gasteiger partial charge is 0.496 e. The Kier molecular flexibility index (Phi) is 16.3. The Morgan fingerprint density at radius 1 is 0.667 bits per heavy atom. The summed E-state index contributed by atoms with van der Waals surface area (Å²) < 4.78 is 22.2. The summed E-state index contributed by atoms with van der Waals surface area (Å²) in [4.78, 5) is 50.9. The van der Waals surface area contributed by atoms with Crippen LogP contribution in [-0.2, 0) is 20.8 Å². The van der Waals surface area contributed by atoms with Crippen molar-refractivity contribution in [3.8, 4) is 28.3 Å². The SMILES string of the molecule is CC.CNC(=O)c1cccc(-c2ccc3c(N4CCOCC4)nc(N4CCC(C)CC4)nc3n2)c1.COc1ccc(-c2ccc3c(N4CCOC[C@@H]4C)nc(N4CCOCC4C)nc3n2)cc1CO. The number of aromatic nitrogens is 6. The summed E-state index contributed by atoms with van der Waals surface area (Å²) >= 11 is 0. The maximum Gasteiger partial charge on any atom is 0.251 e. The summed E-state index contributed by atoms with van der Waals surface area (Å²) in [6.45, 7) is 19.5. The molecule has 1 unspecified atom stereocenters. The second kappa shape index (κ2) is 22.9. The van der Waals surface area contributed by atoms with Gasteiger partial charge in [-0.3, -0.25) is 4.79 Å². The predicted octanol–water partition coefficient (Wildman–Crippen LogP) is 6.79. The second-order valence-corrected chi connectivity index (χ2v) is 17.7. The second-order valence-electron chi connectivity index (χ2n) is 17.7. The Labute approximate surface area is 405 Å². The fraction of sp³-hybridized carbons (Fsp3) is 0.481. The summed E-state index contributed by atoms with van der Waals surface area (Å²) in [5.74, 6) is 4.51. The van der Waals surface area contributed by atoms with Crippen LogP contribution in [0.4, 0.5) is 23.5 Å². The number of benzene rings is 2. The number of piperidine rings is 1. The van der Waals surface area contributed by atoms with Gasteiger partial charge >= 0.3 is 0 Å². The van der Waals surface area contributed by atoms with Crippen LogP contribution in [-0.4, -0.2) is 146 Å². The van der Waals surface area contributed by atoms with Crippen LogP contribution < -0.4 is 29.7 Å². The summed E-state index contributed by atoms with van der Waals surface area (Å²) in [5, 5.41) is 14.3. The molecule has 0 bridgehead atoms. The van der Waals surface area contributed by atoms with E-state index in [2.05, 4.69) is 51.8 Å². The molecule has 17 heteroatoms. The highest BCUT2D eigenvalue weighted by Gasteiger charge is 2.28. The van der Waals surface area contributed by atoms with E-state index in [1.807, 2.05) is 68.4 Å². The molecule has 366 valence electrons. The number of nitrogens with zero attached hydrogens (tertiary/aromatic N) is 10. The number of aliphatic hydroxyl groups is 1. The van der Waals surface area contributed by atoms with E-state index in [1.54, 1.807) is 20.2 Å². The van der Waals surface area contributed by atoms with Crippen LogP contribution >= 0.6 is 0 Å². The molecule has 10 rings (SSSR count). The number of hydrogen-bond acceptors (Lipinski definition) is 16. The molecule has 0 aliphatic carbocycles. The van der Waals surface area contributed by atoms with Crippen molar-refractivity contribution in [2.75, 3.05) is 113 Å². The number of nitrogens with one attached hydrogen (secondary N) is 1. The summed E-state index contributed by atoms with van der Waals surface area (Å²) in [6.07, 6.45) is 2.29. The van der Waals surface area contributed by atoms with Gasteiger partial charge in [-0.2, -0.15) is 19.9 Å². The minimum atomic E-state index is -0.115. The van der Waals surface area contributed by atoms with Crippen molar-refractivity contribution >= 4 is 51.5 Å². The average molecular weight is 942 g/mol. The van der Waals surface area contributed by atoms with Crippen LogP contribution in [0.25, 0.3) is 44.6 Å². The molecular weight excluding hydrogens is 875 g/mol. The van der Waals surface area contributed by atoms with Gasteiger partial charge in [0.05, 0.1) is 87.6 Å². The lowest BCUT2D eigenvalue weighted by atomic mass is 10.00. The first-order chi connectivity index (χ1) is 33.7. The Morgan fingerprint density at radius 2 is 1.26 bits per heavy atom. The molecule has 17 nitrogen and oxygen atoms in total. The number of hydrogen-bond donors (Lipinski definition) is 2. The van der Waals surface area contributed by atoms with Crippen molar-refractivity contribution in [2.24, 2.45) is 5.92 Å². The van der Waals surface area contributed by atoms with Crippen molar-refractivity contribution in [3.05, 3.63) is 77.9 Å². The Morgan fingerprint density at radius 3 is 1.88 bits per heavy atom. The van der Waals surface area contributed by atoms with Gasteiger partial charge in [0.15, 0.2) is 11.3 Å². The Balaban J connectivity index is 0.000000180. The minimum Gasteiger partial charge on any atom is -0.496 e. The van der Waals surface area contributed by atoms with E-state index in [4.69, 9.17) is 48.9 Å². The molecule has 69 heavy (non-hydrogen) atoms. The first-order valence-corrected chi connectivity index (χ1v) is 24.5. The molecule has 0 radical (unpaired) electrons. The number of methoxy groups -OCH3 is 1. The smallest absolute Gasteiger partial charge is 0.251 e. The van der Waals surface area contributed by atoms with Gasteiger partial charge < -0.3 is 49.0 Å². The average Bonchev–Trinajstić information content (AvgIpc) is 3.41. The maximum absolute atomic E-state index is 12.1. The van der Waals surface area contributed by atoms with Crippen LogP contribution in [0.5, 0.6) is 5.75 Å². The van der Waals surface area contributed by atoms with Crippen molar-refractivity contribution in [3.63, 3.8) is 0 Å². The molecule has 0 saturated carbocycles. The van der Waals surface area contributed by atoms with Crippen molar-refractivity contribution in [1.82, 2.24) is 35.2 Å². The van der Waals surface area contributed by atoms with Gasteiger partial charge in [-0.05, 0) is 87.2 Å². The third-order valence-electron chi connectivity index (χ3n) is 13.1. The molecule has 2 N–H and O–H groups in total. The van der Waals surface area contributed by atoms with Crippen molar-refractivity contribution < 1.29 is 28.8 Å². The Hall–Kier alpha value is -6.27. The van der Waals surface area contributed by atoms with E-state index in [0.29, 0.717) is 68.2 Å². The van der Waals surface area contributed by atoms with Crippen LogP contribution in [0.2, 0.25) is 0 Å². The van der Waals surface area contributed by atoms with Gasteiger partial charge in [-0.25, -0.2) is 9.97 Å². The zero-order valence-corrected chi connectivity index (χ0v) is 41.2. The molecule has 2 atom stereocenters. The fourth-order valence-electron chi connectivity index (χ4n) is 9.09. The van der Waals surface area contributed by atoms with Gasteiger partial charge in [-0.1, -0.05) is 32.9 Å². The van der Waals surface area contributed by atoms with Gasteiger partial charge in [0.2, 0.25) is 11.9 Å². The lowest BCUT2D eigenvalue weighted by molar-refractivity contribution is 0.0962. The van der Waals surface area contributed by atoms with E-state index < -0.39 is 0 Å². The Bertz CT molecular complexity index is 2690. The van der Waals surface area contributed by atoms with E-state index in [9.17, 15) is 9.90 Å². The van der Waals surface area contributed by atoms with Crippen LogP contribution in [0.1, 0.15) is 63.4 Å². The number of anilines is 4. The minimum absolute atomic E-state index is 0.106. The zero-order valence-electron chi connectivity index (χ0n) is 41.2. The molecule has 4 aliphatic heterocycles. The highest BCUT2D eigenvalue weighted by atomic mass is 16.5. The number of ether oxygens (including phenoxy) is 4. The fourth-order valence-corrected chi connectivity index (χ4v) is 9.09. The number of amides is 1. The normalized spacial score (nSPS) is 18.8. The van der Waals surface area contributed by atoms with Crippen LogP contribution in [0.3, 0.4) is 0 Å². The molecule has 1 amide bonds. The predicted molar refractivity (Wildman–Crippen MR) is 272 cm³/mol. The molecular formula is C52H67N11O6. The lowest BCUT2D eigenvalue weighted by Gasteiger charge is -2.37. The number of morpholine rings is 3. The van der Waals surface area contributed by atoms with E-state index >= 15 is 0 Å². The number of fused-ring (bicyclic) bond motifs is 2. The summed E-state index contributed by atoms with van der Waals surface area (Å²) in [7, 11) is 3.23. The quantitative estimate of drug-likeness (QED) is 0.155. The molecule has 6 aromatic rings. The monoisotopic (exact) mass is 942 g/mol. The highest BCUT2D eigenvalue weighted by molar-refractivity contribution is 5.96. The first kappa shape index (κ1) is 49.2. The van der Waals surface area contributed by atoms with E-state index in [0.717, 1.165) is 114 Å². The van der Waals surface area contributed by atoms with Crippen LogP contribution in [0.15, 0.2) is 66.7 Å². The number of carbonyl (C=O) groups excluding carboxylic acids is 1. The molecule has 4 fully saturated rings. The molecule has 2 aromatic carbocycles. The summed E-state index contributed by atoms with van der Waals surface area (Å²) in [5.41, 5.74) is 6.01. The standard InChI is InChI=1S/C25H30N6O2.C25H31N5O4.C2H6/c1-17-8-10-31(11-9-17)25-28-22-20(23(29-25)30-12-14-33-15-13-30)6-7-21(27-22)18-4-3-5-19(16-18)24(32)26-2;1-16-14-33-10-8-29(16)24-20-5-6-21(18-4-7-22(32-3)19(12-18)13-31)26-23(20)27-25(28-24)30-9-11-34-15-17(30)2;1-2/h3-7,16-17H,8-15H2,1-2H3,(H,26,32);4-7,12,16-17,31H,8-11,13-15H2,1-3H3;1-2H3/t;16-,17?;/m.0./s1. The van der Waals surface area contributed by atoms with Gasteiger partial charge in [-0.15, -0.1) is 0 Å². The van der Waals surface area contributed by atoms with Gasteiger partial charge in [0.25, 0.3) is 5.91 Å². The zero-order chi connectivity index (χ0) is 48.4. The maximum atomic E-state index is 12.1. The number of aliphatic hydroxyl groups excluding tert-OH is 1. The molecule has 4 aliphatic rings. The molecule has 4 saturated heterocycles. The third-order valence-corrected chi connectivity index (χ3v) is 13.1. The number of rotatable bonds is 9. The third kappa shape index (κ3) is 11.1. The van der Waals surface area contributed by atoms with E-state index in [1.165, 1.54) is 0 Å². The lowest BCUT2D eigenvalue weighted by Crippen LogP contribution is -2.46. The summed E-state index contributed by atoms with van der Waals surface area (Å²) in [6, 6.07) is 21.7. The van der Waals surface area contributed by atoms with Crippen molar-refractivity contribution in [1.29, 1.82) is 0 Å².